The van der Waals surface area contributed by atoms with Gasteiger partial charge in [-0.2, -0.15) is 0 Å². The molecule has 30 heavy (non-hydrogen) atoms. The average Bonchev–Trinajstić information content (AvgIpc) is 3.04. The fourth-order valence-corrected chi connectivity index (χ4v) is 3.09. The molecule has 7 nitrogen and oxygen atoms in total. The van der Waals surface area contributed by atoms with Gasteiger partial charge >= 0.3 is 0 Å². The second-order valence-corrected chi connectivity index (χ2v) is 6.89. The van der Waals surface area contributed by atoms with Crippen molar-refractivity contribution in [3.63, 3.8) is 0 Å². The number of hydrogen-bond acceptors (Lipinski definition) is 5. The number of anilines is 2. The van der Waals surface area contributed by atoms with Crippen molar-refractivity contribution in [2.45, 2.75) is 0 Å². The van der Waals surface area contributed by atoms with E-state index >= 15 is 0 Å². The first-order chi connectivity index (χ1) is 14.4. The monoisotopic (exact) mass is 425 g/mol. The number of hydrogen-bond donors (Lipinski definition) is 2. The number of ether oxygens (including phenoxy) is 1. The van der Waals surface area contributed by atoms with Crippen LogP contribution in [0.15, 0.2) is 54.7 Å². The van der Waals surface area contributed by atoms with E-state index in [1.165, 1.54) is 19.3 Å². The van der Waals surface area contributed by atoms with Gasteiger partial charge in [-0.25, -0.2) is 9.37 Å². The van der Waals surface area contributed by atoms with E-state index in [1.807, 2.05) is 17.7 Å². The Morgan fingerprint density at radius 1 is 1.13 bits per heavy atom. The smallest absolute Gasteiger partial charge is 0.269 e. The lowest BCUT2D eigenvalue weighted by molar-refractivity contribution is 0.0958. The van der Waals surface area contributed by atoms with E-state index in [2.05, 4.69) is 20.6 Å². The van der Waals surface area contributed by atoms with Crippen LogP contribution in [0.1, 0.15) is 10.5 Å². The molecule has 9 heteroatoms. The number of rotatable bonds is 5. The number of carbonyl (C=O) groups excluding carboxylic acids is 1. The molecule has 0 radical (unpaired) electrons. The molecule has 1 amide bonds. The van der Waals surface area contributed by atoms with E-state index in [9.17, 15) is 9.18 Å². The Morgan fingerprint density at radius 2 is 1.93 bits per heavy atom. The lowest BCUT2D eigenvalue weighted by Gasteiger charge is -2.08. The minimum atomic E-state index is -0.469. The van der Waals surface area contributed by atoms with Gasteiger partial charge in [0.1, 0.15) is 23.0 Å². The van der Waals surface area contributed by atoms with Crippen molar-refractivity contribution in [3.8, 4) is 11.5 Å². The predicted octanol–water partition coefficient (Wildman–Crippen LogP) is 4.66. The van der Waals surface area contributed by atoms with Gasteiger partial charge in [-0.15, -0.1) is 0 Å². The van der Waals surface area contributed by atoms with Gasteiger partial charge in [0.2, 0.25) is 5.95 Å². The summed E-state index contributed by atoms with van der Waals surface area (Å²) in [5, 5.41) is 5.82. The number of aromatic nitrogens is 3. The van der Waals surface area contributed by atoms with Crippen LogP contribution < -0.4 is 15.4 Å². The number of amides is 1. The second kappa shape index (κ2) is 8.00. The maximum atomic E-state index is 14.1. The standard InChI is InChI=1S/C21H17ClFN5O2/c1-24-20(29)18-11-14(7-8-25-18)30-13-4-6-19-17(10-13)27-21(28(19)2)26-16-5-3-12(22)9-15(16)23/h3-11H,1-2H3,(H,24,29)(H,26,27). The minimum absolute atomic E-state index is 0.255. The molecule has 2 aromatic carbocycles. The van der Waals surface area contributed by atoms with Gasteiger partial charge in [0, 0.05) is 37.4 Å². The zero-order chi connectivity index (χ0) is 21.3. The quantitative estimate of drug-likeness (QED) is 0.486. The predicted molar refractivity (Wildman–Crippen MR) is 113 cm³/mol. The molecular formula is C21H17ClFN5O2. The van der Waals surface area contributed by atoms with E-state index < -0.39 is 5.82 Å². The molecule has 2 N–H and O–H groups in total. The van der Waals surface area contributed by atoms with Crippen LogP contribution in [0.4, 0.5) is 16.0 Å². The minimum Gasteiger partial charge on any atom is -0.457 e. The molecule has 0 bridgehead atoms. The van der Waals surface area contributed by atoms with Crippen molar-refractivity contribution in [3.05, 3.63) is 71.3 Å². The molecule has 2 aromatic heterocycles. The molecule has 0 fully saturated rings. The molecule has 0 unspecified atom stereocenters. The summed E-state index contributed by atoms with van der Waals surface area (Å²) in [6.07, 6.45) is 1.50. The van der Waals surface area contributed by atoms with Gasteiger partial charge in [-0.05, 0) is 36.4 Å². The summed E-state index contributed by atoms with van der Waals surface area (Å²) < 4.78 is 21.8. The third-order valence-corrected chi connectivity index (χ3v) is 4.69. The average molecular weight is 426 g/mol. The summed E-state index contributed by atoms with van der Waals surface area (Å²) >= 11 is 5.81. The highest BCUT2D eigenvalue weighted by atomic mass is 35.5. The highest BCUT2D eigenvalue weighted by Crippen LogP contribution is 2.29. The van der Waals surface area contributed by atoms with E-state index in [-0.39, 0.29) is 17.3 Å². The highest BCUT2D eigenvalue weighted by molar-refractivity contribution is 6.30. The molecule has 4 aromatic rings. The van der Waals surface area contributed by atoms with Gasteiger partial charge in [0.05, 0.1) is 16.7 Å². The molecule has 0 spiro atoms. The topological polar surface area (TPSA) is 81.1 Å². The second-order valence-electron chi connectivity index (χ2n) is 6.45. The van der Waals surface area contributed by atoms with E-state index in [1.54, 1.807) is 36.4 Å². The Balaban J connectivity index is 1.61. The van der Waals surface area contributed by atoms with Crippen LogP contribution in [0.3, 0.4) is 0 Å². The fourth-order valence-electron chi connectivity index (χ4n) is 2.93. The summed E-state index contributed by atoms with van der Waals surface area (Å²) in [4.78, 5) is 20.3. The number of nitrogens with zero attached hydrogens (tertiary/aromatic N) is 3. The summed E-state index contributed by atoms with van der Waals surface area (Å²) in [5.41, 5.74) is 2.02. The molecule has 0 atom stereocenters. The molecule has 2 heterocycles. The summed E-state index contributed by atoms with van der Waals surface area (Å²) in [7, 11) is 3.36. The molecule has 152 valence electrons. The molecule has 0 aliphatic carbocycles. The Labute approximate surface area is 176 Å². The maximum absolute atomic E-state index is 14.1. The van der Waals surface area contributed by atoms with Crippen molar-refractivity contribution in [2.75, 3.05) is 12.4 Å². The van der Waals surface area contributed by atoms with Crippen molar-refractivity contribution in [1.82, 2.24) is 19.9 Å². The highest BCUT2D eigenvalue weighted by Gasteiger charge is 2.12. The van der Waals surface area contributed by atoms with Gasteiger partial charge in [0.25, 0.3) is 5.91 Å². The number of pyridine rings is 1. The normalized spacial score (nSPS) is 10.8. The molecule has 0 aliphatic heterocycles. The fraction of sp³-hybridized carbons (Fsp3) is 0.0952. The third kappa shape index (κ3) is 3.90. The Morgan fingerprint density at radius 3 is 2.70 bits per heavy atom. The lowest BCUT2D eigenvalue weighted by Crippen LogP contribution is -2.18. The summed E-state index contributed by atoms with van der Waals surface area (Å²) in [6, 6.07) is 13.0. The van der Waals surface area contributed by atoms with Gasteiger partial charge in [0.15, 0.2) is 0 Å². The zero-order valence-corrected chi connectivity index (χ0v) is 16.9. The molecule has 0 saturated carbocycles. The largest absolute Gasteiger partial charge is 0.457 e. The van der Waals surface area contributed by atoms with E-state index in [4.69, 9.17) is 16.3 Å². The number of benzene rings is 2. The first kappa shape index (κ1) is 19.7. The van der Waals surface area contributed by atoms with Gasteiger partial charge in [-0.1, -0.05) is 11.6 Å². The number of imidazole rings is 1. The van der Waals surface area contributed by atoms with Gasteiger partial charge in [-0.3, -0.25) is 9.78 Å². The van der Waals surface area contributed by atoms with Crippen LogP contribution >= 0.6 is 11.6 Å². The molecule has 0 saturated heterocycles. The number of aryl methyl sites for hydroxylation is 1. The van der Waals surface area contributed by atoms with E-state index in [0.29, 0.717) is 28.0 Å². The van der Waals surface area contributed by atoms with Crippen LogP contribution in [0, 0.1) is 5.82 Å². The Hall–Kier alpha value is -3.65. The van der Waals surface area contributed by atoms with Crippen molar-refractivity contribution in [2.24, 2.45) is 7.05 Å². The van der Waals surface area contributed by atoms with Gasteiger partial charge < -0.3 is 19.9 Å². The maximum Gasteiger partial charge on any atom is 0.269 e. The lowest BCUT2D eigenvalue weighted by atomic mass is 10.3. The molecule has 0 aliphatic rings. The summed E-state index contributed by atoms with van der Waals surface area (Å²) in [6.45, 7) is 0. The summed E-state index contributed by atoms with van der Waals surface area (Å²) in [5.74, 6) is 0.711. The first-order valence-corrected chi connectivity index (χ1v) is 9.37. The number of fused-ring (bicyclic) bond motifs is 1. The van der Waals surface area contributed by atoms with Crippen LogP contribution in [-0.2, 0) is 7.05 Å². The molecular weight excluding hydrogens is 409 g/mol. The van der Waals surface area contributed by atoms with Crippen molar-refractivity contribution >= 4 is 40.2 Å². The number of halogens is 2. The van der Waals surface area contributed by atoms with Crippen LogP contribution in [0.5, 0.6) is 11.5 Å². The van der Waals surface area contributed by atoms with Crippen molar-refractivity contribution < 1.29 is 13.9 Å². The van der Waals surface area contributed by atoms with Crippen LogP contribution in [0.25, 0.3) is 11.0 Å². The number of carbonyl (C=O) groups is 1. The van der Waals surface area contributed by atoms with Crippen molar-refractivity contribution in [1.29, 1.82) is 0 Å². The van der Waals surface area contributed by atoms with E-state index in [0.717, 1.165) is 5.52 Å². The molecule has 4 rings (SSSR count). The Bertz CT molecular complexity index is 1260. The SMILES string of the molecule is CNC(=O)c1cc(Oc2ccc3c(c2)nc(Nc2ccc(Cl)cc2F)n3C)ccn1. The van der Waals surface area contributed by atoms with Crippen LogP contribution in [-0.4, -0.2) is 27.5 Å². The zero-order valence-electron chi connectivity index (χ0n) is 16.1. The first-order valence-electron chi connectivity index (χ1n) is 8.99. The third-order valence-electron chi connectivity index (χ3n) is 4.46. The Kier molecular flexibility index (Phi) is 5.24. The number of nitrogens with one attached hydrogen (secondary N) is 2. The van der Waals surface area contributed by atoms with Crippen LogP contribution in [0.2, 0.25) is 5.02 Å².